The Labute approximate surface area is 169 Å². The van der Waals surface area contributed by atoms with Gasteiger partial charge in [-0.25, -0.2) is 0 Å². The van der Waals surface area contributed by atoms with Crippen molar-refractivity contribution < 1.29 is 9.47 Å². The molecule has 5 heteroatoms. The maximum atomic E-state index is 5.90. The molecule has 144 valence electrons. The van der Waals surface area contributed by atoms with Crippen LogP contribution in [0.4, 0.5) is 0 Å². The van der Waals surface area contributed by atoms with Gasteiger partial charge in [-0.2, -0.15) is 0 Å². The third-order valence-electron chi connectivity index (χ3n) is 4.30. The summed E-state index contributed by atoms with van der Waals surface area (Å²) in [7, 11) is 0. The van der Waals surface area contributed by atoms with E-state index in [1.165, 1.54) is 22.0 Å². The number of rotatable bonds is 9. The van der Waals surface area contributed by atoms with Gasteiger partial charge in [0.1, 0.15) is 0 Å². The molecule has 3 aromatic rings. The third kappa shape index (κ3) is 5.05. The highest BCUT2D eigenvalue weighted by molar-refractivity contribution is 9.10. The predicted molar refractivity (Wildman–Crippen MR) is 115 cm³/mol. The Morgan fingerprint density at radius 2 is 2.00 bits per heavy atom. The summed E-state index contributed by atoms with van der Waals surface area (Å²) in [6.07, 6.45) is 3.19. The molecular weight excluding hydrogens is 404 g/mol. The molecule has 2 N–H and O–H groups in total. The van der Waals surface area contributed by atoms with Crippen molar-refractivity contribution in [3.63, 3.8) is 0 Å². The number of aromatic amines is 1. The first-order chi connectivity index (χ1) is 13.1. The van der Waals surface area contributed by atoms with E-state index in [-0.39, 0.29) is 6.10 Å². The van der Waals surface area contributed by atoms with E-state index in [2.05, 4.69) is 68.8 Å². The molecule has 0 spiro atoms. The topological polar surface area (TPSA) is 46.3 Å². The van der Waals surface area contributed by atoms with Gasteiger partial charge in [-0.15, -0.1) is 0 Å². The lowest BCUT2D eigenvalue weighted by Crippen LogP contribution is -2.17. The lowest BCUT2D eigenvalue weighted by Gasteiger charge is -2.17. The summed E-state index contributed by atoms with van der Waals surface area (Å²) in [5.74, 6) is 1.56. The van der Waals surface area contributed by atoms with E-state index in [1.807, 2.05) is 20.8 Å². The summed E-state index contributed by atoms with van der Waals surface area (Å²) >= 11 is 3.63. The predicted octanol–water partition coefficient (Wildman–Crippen LogP) is 5.45. The molecule has 0 aliphatic carbocycles. The minimum atomic E-state index is 0.0978. The van der Waals surface area contributed by atoms with E-state index >= 15 is 0 Å². The van der Waals surface area contributed by atoms with Crippen LogP contribution in [0.3, 0.4) is 0 Å². The van der Waals surface area contributed by atoms with Gasteiger partial charge in [0.05, 0.1) is 17.2 Å². The van der Waals surface area contributed by atoms with Crippen molar-refractivity contribution in [2.24, 2.45) is 0 Å². The molecule has 0 unspecified atom stereocenters. The van der Waals surface area contributed by atoms with E-state index in [0.717, 1.165) is 35.5 Å². The van der Waals surface area contributed by atoms with Gasteiger partial charge < -0.3 is 19.8 Å². The molecule has 0 fully saturated rings. The number of benzene rings is 2. The summed E-state index contributed by atoms with van der Waals surface area (Å²) in [5, 5.41) is 4.83. The highest BCUT2D eigenvalue weighted by Crippen LogP contribution is 2.37. The van der Waals surface area contributed by atoms with Crippen molar-refractivity contribution in [3.8, 4) is 11.5 Å². The number of para-hydroxylation sites is 1. The largest absolute Gasteiger partial charge is 0.490 e. The number of halogens is 1. The number of hydrogen-bond donors (Lipinski definition) is 2. The Hall–Kier alpha value is -1.98. The van der Waals surface area contributed by atoms with Gasteiger partial charge in [-0.05, 0) is 79.0 Å². The molecule has 0 saturated carbocycles. The van der Waals surface area contributed by atoms with Crippen LogP contribution in [-0.2, 0) is 13.0 Å². The van der Waals surface area contributed by atoms with Crippen molar-refractivity contribution >= 4 is 26.8 Å². The average Bonchev–Trinajstić information content (AvgIpc) is 3.05. The fraction of sp³-hybridized carbons (Fsp3) is 0.364. The third-order valence-corrected chi connectivity index (χ3v) is 4.89. The van der Waals surface area contributed by atoms with Gasteiger partial charge in [0.25, 0.3) is 0 Å². The lowest BCUT2D eigenvalue weighted by molar-refractivity contribution is 0.222. The summed E-state index contributed by atoms with van der Waals surface area (Å²) in [4.78, 5) is 3.33. The molecule has 0 aliphatic rings. The summed E-state index contributed by atoms with van der Waals surface area (Å²) < 4.78 is 12.6. The standard InChI is InChI=1S/C22H27BrN2O2/c1-4-26-21-12-16(11-19(23)22(21)27-15(2)3)13-24-10-9-17-14-25-20-8-6-5-7-18(17)20/h5-8,11-12,14-15,24-25H,4,9-10,13H2,1-3H3. The Morgan fingerprint density at radius 1 is 1.19 bits per heavy atom. The summed E-state index contributed by atoms with van der Waals surface area (Å²) in [6.45, 7) is 8.32. The second-order valence-corrected chi connectivity index (χ2v) is 7.65. The van der Waals surface area contributed by atoms with E-state index < -0.39 is 0 Å². The van der Waals surface area contributed by atoms with Crippen LogP contribution in [0.1, 0.15) is 31.9 Å². The second-order valence-electron chi connectivity index (χ2n) is 6.79. The number of H-pyrrole nitrogens is 1. The van der Waals surface area contributed by atoms with Crippen molar-refractivity contribution in [2.75, 3.05) is 13.2 Å². The molecule has 1 aromatic heterocycles. The molecular formula is C22H27BrN2O2. The zero-order chi connectivity index (χ0) is 19.2. The summed E-state index contributed by atoms with van der Waals surface area (Å²) in [6, 6.07) is 12.6. The minimum Gasteiger partial charge on any atom is -0.490 e. The molecule has 0 bridgehead atoms. The van der Waals surface area contributed by atoms with Crippen LogP contribution >= 0.6 is 15.9 Å². The van der Waals surface area contributed by atoms with Crippen molar-refractivity contribution in [1.29, 1.82) is 0 Å². The first-order valence-corrected chi connectivity index (χ1v) is 10.3. The summed E-state index contributed by atoms with van der Waals surface area (Å²) in [5.41, 5.74) is 3.70. The molecule has 0 atom stereocenters. The first kappa shape index (κ1) is 19.8. The number of nitrogens with one attached hydrogen (secondary N) is 2. The van der Waals surface area contributed by atoms with Gasteiger partial charge in [0.2, 0.25) is 0 Å². The minimum absolute atomic E-state index is 0.0978. The van der Waals surface area contributed by atoms with Crippen LogP contribution in [0.5, 0.6) is 11.5 Å². The number of fused-ring (bicyclic) bond motifs is 1. The average molecular weight is 431 g/mol. The van der Waals surface area contributed by atoms with E-state index in [4.69, 9.17) is 9.47 Å². The SMILES string of the molecule is CCOc1cc(CNCCc2c[nH]c3ccccc23)cc(Br)c1OC(C)C. The van der Waals surface area contributed by atoms with Gasteiger partial charge in [0, 0.05) is 23.6 Å². The molecule has 0 aliphatic heterocycles. The second kappa shape index (κ2) is 9.29. The highest BCUT2D eigenvalue weighted by atomic mass is 79.9. The lowest BCUT2D eigenvalue weighted by atomic mass is 10.1. The highest BCUT2D eigenvalue weighted by Gasteiger charge is 2.13. The monoisotopic (exact) mass is 430 g/mol. The fourth-order valence-corrected chi connectivity index (χ4v) is 3.71. The Balaban J connectivity index is 1.62. The van der Waals surface area contributed by atoms with Crippen LogP contribution in [0.15, 0.2) is 47.1 Å². The van der Waals surface area contributed by atoms with Crippen LogP contribution in [-0.4, -0.2) is 24.2 Å². The van der Waals surface area contributed by atoms with Crippen LogP contribution in [0.2, 0.25) is 0 Å². The number of hydrogen-bond acceptors (Lipinski definition) is 3. The number of ether oxygens (including phenoxy) is 2. The maximum absolute atomic E-state index is 5.90. The van der Waals surface area contributed by atoms with Gasteiger partial charge in [-0.1, -0.05) is 18.2 Å². The smallest absolute Gasteiger partial charge is 0.175 e. The van der Waals surface area contributed by atoms with Crippen molar-refractivity contribution in [2.45, 2.75) is 39.8 Å². The van der Waals surface area contributed by atoms with Crippen molar-refractivity contribution in [1.82, 2.24) is 10.3 Å². The maximum Gasteiger partial charge on any atom is 0.175 e. The Bertz CT molecular complexity index is 889. The quantitative estimate of drug-likeness (QED) is 0.443. The number of aromatic nitrogens is 1. The Morgan fingerprint density at radius 3 is 2.78 bits per heavy atom. The fourth-order valence-electron chi connectivity index (χ4n) is 3.13. The zero-order valence-corrected chi connectivity index (χ0v) is 17.7. The molecule has 1 heterocycles. The van der Waals surface area contributed by atoms with Crippen LogP contribution in [0, 0.1) is 0 Å². The molecule has 4 nitrogen and oxygen atoms in total. The zero-order valence-electron chi connectivity index (χ0n) is 16.1. The van der Waals surface area contributed by atoms with Crippen LogP contribution in [0.25, 0.3) is 10.9 Å². The molecule has 0 radical (unpaired) electrons. The van der Waals surface area contributed by atoms with Gasteiger partial charge >= 0.3 is 0 Å². The molecule has 0 saturated heterocycles. The van der Waals surface area contributed by atoms with Gasteiger partial charge in [-0.3, -0.25) is 0 Å². The van der Waals surface area contributed by atoms with E-state index in [9.17, 15) is 0 Å². The van der Waals surface area contributed by atoms with E-state index in [1.54, 1.807) is 0 Å². The van der Waals surface area contributed by atoms with E-state index in [0.29, 0.717) is 6.61 Å². The van der Waals surface area contributed by atoms with Gasteiger partial charge in [0.15, 0.2) is 11.5 Å². The first-order valence-electron chi connectivity index (χ1n) is 9.46. The molecule has 2 aromatic carbocycles. The molecule has 0 amide bonds. The molecule has 27 heavy (non-hydrogen) atoms. The van der Waals surface area contributed by atoms with Crippen molar-refractivity contribution in [3.05, 3.63) is 58.2 Å². The normalized spacial score (nSPS) is 11.3. The molecule has 3 rings (SSSR count). The Kier molecular flexibility index (Phi) is 6.80. The van der Waals surface area contributed by atoms with Crippen LogP contribution < -0.4 is 14.8 Å².